The third-order valence-electron chi connectivity index (χ3n) is 6.50. The number of fused-ring (bicyclic) bond motifs is 1. The van der Waals surface area contributed by atoms with Crippen molar-refractivity contribution < 1.29 is 4.79 Å². The standard InChI is InChI=1S/C25H33N5O2/c1-4-5-11-21-18(3)26-24-27-25(28-30(24)23(21)32)29(16-19-14-12-17(2)13-15-19)22(31)20-9-7-6-8-10-20/h12-15,20H,4-11,16H2,1-3H3,(H,26,27,28). The number of hydrogen-bond donors (Lipinski definition) is 1. The Labute approximate surface area is 188 Å². The Morgan fingerprint density at radius 2 is 1.84 bits per heavy atom. The molecule has 7 nitrogen and oxygen atoms in total. The van der Waals surface area contributed by atoms with Gasteiger partial charge in [-0.05, 0) is 45.1 Å². The molecule has 1 aromatic carbocycles. The number of benzene rings is 1. The number of nitrogens with one attached hydrogen (secondary N) is 1. The van der Waals surface area contributed by atoms with E-state index in [1.54, 1.807) is 4.90 Å². The first-order valence-electron chi connectivity index (χ1n) is 11.8. The van der Waals surface area contributed by atoms with Crippen LogP contribution in [0.3, 0.4) is 0 Å². The number of aromatic nitrogens is 4. The molecule has 0 atom stereocenters. The fourth-order valence-corrected chi connectivity index (χ4v) is 4.51. The molecule has 0 saturated heterocycles. The lowest BCUT2D eigenvalue weighted by molar-refractivity contribution is -0.123. The molecule has 0 spiro atoms. The van der Waals surface area contributed by atoms with E-state index in [0.29, 0.717) is 35.9 Å². The van der Waals surface area contributed by atoms with Crippen LogP contribution < -0.4 is 10.5 Å². The predicted octanol–water partition coefficient (Wildman–Crippen LogP) is 4.49. The van der Waals surface area contributed by atoms with Gasteiger partial charge in [0.2, 0.25) is 11.9 Å². The van der Waals surface area contributed by atoms with Crippen molar-refractivity contribution in [2.45, 2.75) is 78.7 Å². The maximum atomic E-state index is 13.6. The van der Waals surface area contributed by atoms with E-state index in [-0.39, 0.29) is 17.4 Å². The fraction of sp³-hybridized carbons (Fsp3) is 0.520. The van der Waals surface area contributed by atoms with E-state index in [2.05, 4.69) is 22.0 Å². The number of anilines is 1. The van der Waals surface area contributed by atoms with Crippen LogP contribution >= 0.6 is 0 Å². The molecule has 1 amide bonds. The van der Waals surface area contributed by atoms with E-state index in [1.807, 2.05) is 38.1 Å². The number of hydrogen-bond acceptors (Lipinski definition) is 4. The lowest BCUT2D eigenvalue weighted by atomic mass is 9.88. The Hall–Kier alpha value is -2.96. The van der Waals surface area contributed by atoms with Gasteiger partial charge in [0.05, 0.1) is 12.2 Å². The Bertz CT molecular complexity index is 1140. The summed E-state index contributed by atoms with van der Waals surface area (Å²) < 4.78 is 1.39. The summed E-state index contributed by atoms with van der Waals surface area (Å²) >= 11 is 0. The molecule has 0 aliphatic heterocycles. The summed E-state index contributed by atoms with van der Waals surface area (Å²) in [5, 5.41) is 3.10. The summed E-state index contributed by atoms with van der Waals surface area (Å²) in [6, 6.07) is 8.17. The van der Waals surface area contributed by atoms with Crippen LogP contribution in [0, 0.1) is 19.8 Å². The van der Waals surface area contributed by atoms with E-state index < -0.39 is 0 Å². The second-order valence-electron chi connectivity index (χ2n) is 9.01. The van der Waals surface area contributed by atoms with Gasteiger partial charge in [-0.3, -0.25) is 19.6 Å². The minimum absolute atomic E-state index is 0.00561. The average Bonchev–Trinajstić information content (AvgIpc) is 3.22. The predicted molar refractivity (Wildman–Crippen MR) is 126 cm³/mol. The highest BCUT2D eigenvalue weighted by Gasteiger charge is 2.29. The van der Waals surface area contributed by atoms with Crippen molar-refractivity contribution in [3.8, 4) is 0 Å². The molecule has 1 aliphatic rings. The number of aromatic amines is 1. The maximum Gasteiger partial charge on any atom is 0.277 e. The quantitative estimate of drug-likeness (QED) is 0.593. The molecule has 170 valence electrons. The summed E-state index contributed by atoms with van der Waals surface area (Å²) in [6.45, 7) is 6.42. The van der Waals surface area contributed by atoms with Gasteiger partial charge >= 0.3 is 0 Å². The van der Waals surface area contributed by atoms with Gasteiger partial charge in [-0.25, -0.2) is 4.98 Å². The molecule has 0 radical (unpaired) electrons. The van der Waals surface area contributed by atoms with Crippen LogP contribution in [0.15, 0.2) is 29.1 Å². The van der Waals surface area contributed by atoms with Gasteiger partial charge in [0, 0.05) is 11.5 Å². The highest BCUT2D eigenvalue weighted by molar-refractivity contribution is 5.93. The molecule has 1 aliphatic carbocycles. The van der Waals surface area contributed by atoms with E-state index in [9.17, 15) is 9.59 Å². The first kappa shape index (κ1) is 22.2. The number of rotatable bonds is 7. The number of aryl methyl sites for hydroxylation is 2. The molecule has 0 unspecified atom stereocenters. The SMILES string of the molecule is CCCCc1c(C)nc2nc(N(Cc3ccc(C)cc3)C(=O)C3CCCCC3)[nH]n2c1=O. The molecule has 1 N–H and O–H groups in total. The summed E-state index contributed by atoms with van der Waals surface area (Å²) in [7, 11) is 0. The zero-order valence-corrected chi connectivity index (χ0v) is 19.4. The number of carbonyl (C=O) groups excluding carboxylic acids is 1. The summed E-state index contributed by atoms with van der Waals surface area (Å²) in [5.74, 6) is 0.764. The van der Waals surface area contributed by atoms with Crippen molar-refractivity contribution in [1.29, 1.82) is 0 Å². The fourth-order valence-electron chi connectivity index (χ4n) is 4.51. The molecule has 1 saturated carbocycles. The van der Waals surface area contributed by atoms with Gasteiger partial charge < -0.3 is 0 Å². The second kappa shape index (κ2) is 9.67. The summed E-state index contributed by atoms with van der Waals surface area (Å²) in [4.78, 5) is 37.5. The Morgan fingerprint density at radius 1 is 1.12 bits per heavy atom. The highest BCUT2D eigenvalue weighted by Crippen LogP contribution is 2.28. The van der Waals surface area contributed by atoms with E-state index >= 15 is 0 Å². The van der Waals surface area contributed by atoms with Gasteiger partial charge in [-0.2, -0.15) is 9.50 Å². The summed E-state index contributed by atoms with van der Waals surface area (Å²) in [6.07, 6.45) is 7.79. The van der Waals surface area contributed by atoms with E-state index in [4.69, 9.17) is 0 Å². The summed E-state index contributed by atoms with van der Waals surface area (Å²) in [5.41, 5.74) is 3.50. The first-order chi connectivity index (χ1) is 15.5. The van der Waals surface area contributed by atoms with E-state index in [1.165, 1.54) is 16.5 Å². The topological polar surface area (TPSA) is 83.4 Å². The highest BCUT2D eigenvalue weighted by atomic mass is 16.2. The van der Waals surface area contributed by atoms with Crippen molar-refractivity contribution >= 4 is 17.6 Å². The van der Waals surface area contributed by atoms with Crippen molar-refractivity contribution in [1.82, 2.24) is 19.6 Å². The molecule has 1 fully saturated rings. The van der Waals surface area contributed by atoms with Crippen molar-refractivity contribution in [3.63, 3.8) is 0 Å². The number of H-pyrrole nitrogens is 1. The molecule has 4 rings (SSSR count). The van der Waals surface area contributed by atoms with Crippen LogP contribution in [0.2, 0.25) is 0 Å². The first-order valence-corrected chi connectivity index (χ1v) is 11.8. The second-order valence-corrected chi connectivity index (χ2v) is 9.01. The van der Waals surface area contributed by atoms with Gasteiger partial charge in [-0.15, -0.1) is 0 Å². The largest absolute Gasteiger partial charge is 0.277 e. The monoisotopic (exact) mass is 435 g/mol. The molecule has 32 heavy (non-hydrogen) atoms. The Kier molecular flexibility index (Phi) is 6.72. The lowest BCUT2D eigenvalue weighted by Gasteiger charge is -2.27. The Morgan fingerprint density at radius 3 is 2.53 bits per heavy atom. The van der Waals surface area contributed by atoms with Crippen LogP contribution in [0.5, 0.6) is 0 Å². The van der Waals surface area contributed by atoms with Crippen molar-refractivity contribution in [3.05, 3.63) is 57.0 Å². The molecular formula is C25H33N5O2. The zero-order valence-electron chi connectivity index (χ0n) is 19.4. The van der Waals surface area contributed by atoms with E-state index in [0.717, 1.165) is 44.1 Å². The van der Waals surface area contributed by atoms with Crippen LogP contribution in [0.25, 0.3) is 5.78 Å². The van der Waals surface area contributed by atoms with Gasteiger partial charge in [0.25, 0.3) is 11.3 Å². The van der Waals surface area contributed by atoms with Crippen molar-refractivity contribution in [2.75, 3.05) is 4.90 Å². The lowest BCUT2D eigenvalue weighted by Crippen LogP contribution is -2.37. The minimum Gasteiger partial charge on any atom is -0.276 e. The number of nitrogens with zero attached hydrogens (tertiary/aromatic N) is 4. The smallest absolute Gasteiger partial charge is 0.276 e. The van der Waals surface area contributed by atoms with Crippen molar-refractivity contribution in [2.24, 2.45) is 5.92 Å². The van der Waals surface area contributed by atoms with Crippen LogP contribution in [-0.2, 0) is 17.8 Å². The maximum absolute atomic E-state index is 13.6. The van der Waals surface area contributed by atoms with Crippen LogP contribution in [-0.4, -0.2) is 25.5 Å². The number of unbranched alkanes of at least 4 members (excludes halogenated alkanes) is 1. The third kappa shape index (κ3) is 4.61. The van der Waals surface area contributed by atoms with Gasteiger partial charge in [-0.1, -0.05) is 62.4 Å². The van der Waals surface area contributed by atoms with Gasteiger partial charge in [0.1, 0.15) is 0 Å². The average molecular weight is 436 g/mol. The molecular weight excluding hydrogens is 402 g/mol. The van der Waals surface area contributed by atoms with Gasteiger partial charge in [0.15, 0.2) is 0 Å². The minimum atomic E-state index is -0.125. The molecule has 0 bridgehead atoms. The van der Waals surface area contributed by atoms with Crippen LogP contribution in [0.1, 0.15) is 74.3 Å². The number of carbonyl (C=O) groups is 1. The zero-order chi connectivity index (χ0) is 22.7. The molecule has 2 aromatic heterocycles. The molecule has 7 heteroatoms. The molecule has 3 aromatic rings. The number of amides is 1. The molecule has 2 heterocycles. The van der Waals surface area contributed by atoms with Crippen LogP contribution in [0.4, 0.5) is 5.95 Å². The third-order valence-corrected chi connectivity index (χ3v) is 6.50. The normalized spacial score (nSPS) is 14.7. The Balaban J connectivity index is 1.73.